The van der Waals surface area contributed by atoms with Gasteiger partial charge in [0.25, 0.3) is 5.91 Å². The highest BCUT2D eigenvalue weighted by Gasteiger charge is 2.36. The van der Waals surface area contributed by atoms with Crippen molar-refractivity contribution in [3.63, 3.8) is 0 Å². The molecular formula is C20H25N4O4S+. The van der Waals surface area contributed by atoms with Crippen molar-refractivity contribution in [1.29, 1.82) is 0 Å². The fourth-order valence-electron chi connectivity index (χ4n) is 3.25. The third-order valence-electron chi connectivity index (χ3n) is 4.81. The summed E-state index contributed by atoms with van der Waals surface area (Å²) < 4.78 is 4.71. The van der Waals surface area contributed by atoms with Gasteiger partial charge in [0.05, 0.1) is 26.6 Å². The lowest BCUT2D eigenvalue weighted by Gasteiger charge is -2.30. The van der Waals surface area contributed by atoms with Crippen molar-refractivity contribution in [2.75, 3.05) is 25.5 Å². The number of nitrogens with one attached hydrogen (secondary N) is 3. The van der Waals surface area contributed by atoms with E-state index in [1.165, 1.54) is 18.4 Å². The van der Waals surface area contributed by atoms with Crippen molar-refractivity contribution in [2.45, 2.75) is 32.4 Å². The van der Waals surface area contributed by atoms with E-state index in [-0.39, 0.29) is 24.7 Å². The molecule has 1 unspecified atom stereocenters. The molecule has 2 heterocycles. The number of hydrogen-bond donors (Lipinski definition) is 3. The number of aryl methyl sites for hydroxylation is 1. The number of thiazole rings is 1. The Kier molecular flexibility index (Phi) is 6.95. The standard InChI is InChI=1S/C20H24N4O4S/c1-13-3-5-14(6-4-13)22-17(25)10-18-23-15(12-29-18)11-24-8-7-21-20(27)16(24)9-19(26)28-2/h3-6,12,16H,7-11H2,1-2H3,(H,21,27)(H,22,25)/p+1/t16-/m1/s1. The van der Waals surface area contributed by atoms with Crippen molar-refractivity contribution < 1.29 is 24.0 Å². The molecule has 9 heteroatoms. The minimum Gasteiger partial charge on any atom is -0.469 e. The topological polar surface area (TPSA) is 102 Å². The zero-order valence-electron chi connectivity index (χ0n) is 16.5. The molecule has 3 N–H and O–H groups in total. The van der Waals surface area contributed by atoms with Gasteiger partial charge in [-0.15, -0.1) is 11.3 Å². The molecule has 154 valence electrons. The molecule has 0 radical (unpaired) electrons. The van der Waals surface area contributed by atoms with Crippen LogP contribution >= 0.6 is 11.3 Å². The van der Waals surface area contributed by atoms with Crippen LogP contribution in [0.1, 0.15) is 22.7 Å². The summed E-state index contributed by atoms with van der Waals surface area (Å²) >= 11 is 1.42. The summed E-state index contributed by atoms with van der Waals surface area (Å²) in [6.07, 6.45) is 0.230. The summed E-state index contributed by atoms with van der Waals surface area (Å²) in [6, 6.07) is 7.13. The first-order valence-corrected chi connectivity index (χ1v) is 10.3. The number of methoxy groups -OCH3 is 1. The molecule has 0 bridgehead atoms. The second-order valence-electron chi connectivity index (χ2n) is 7.03. The highest BCUT2D eigenvalue weighted by Crippen LogP contribution is 2.13. The number of carbonyl (C=O) groups is 3. The number of carbonyl (C=O) groups excluding carboxylic acids is 3. The molecule has 1 aromatic carbocycles. The van der Waals surface area contributed by atoms with Crippen LogP contribution in [0.3, 0.4) is 0 Å². The first kappa shape index (κ1) is 20.9. The summed E-state index contributed by atoms with van der Waals surface area (Å²) in [7, 11) is 1.32. The molecule has 1 saturated heterocycles. The molecule has 29 heavy (non-hydrogen) atoms. The molecule has 0 spiro atoms. The van der Waals surface area contributed by atoms with Crippen LogP contribution in [0.5, 0.6) is 0 Å². The van der Waals surface area contributed by atoms with Crippen molar-refractivity contribution in [2.24, 2.45) is 0 Å². The Labute approximate surface area is 173 Å². The molecule has 2 amide bonds. The molecule has 2 atom stereocenters. The second-order valence-corrected chi connectivity index (χ2v) is 7.98. The van der Waals surface area contributed by atoms with Crippen LogP contribution in [0.25, 0.3) is 0 Å². The van der Waals surface area contributed by atoms with Crippen molar-refractivity contribution >= 4 is 34.8 Å². The fourth-order valence-corrected chi connectivity index (χ4v) is 4.04. The Morgan fingerprint density at radius 1 is 1.34 bits per heavy atom. The monoisotopic (exact) mass is 417 g/mol. The maximum atomic E-state index is 12.3. The van der Waals surface area contributed by atoms with Crippen LogP contribution in [0.15, 0.2) is 29.6 Å². The van der Waals surface area contributed by atoms with Gasteiger partial charge in [-0.2, -0.15) is 0 Å². The molecule has 1 aromatic heterocycles. The number of aromatic nitrogens is 1. The number of piperazine rings is 1. The molecular weight excluding hydrogens is 392 g/mol. The van der Waals surface area contributed by atoms with Gasteiger partial charge in [-0.1, -0.05) is 17.7 Å². The summed E-state index contributed by atoms with van der Waals surface area (Å²) in [4.78, 5) is 41.6. The van der Waals surface area contributed by atoms with Crippen LogP contribution in [-0.2, 0) is 32.1 Å². The fraction of sp³-hybridized carbons (Fsp3) is 0.400. The van der Waals surface area contributed by atoms with Crippen molar-refractivity contribution in [1.82, 2.24) is 10.3 Å². The quantitative estimate of drug-likeness (QED) is 0.554. The lowest BCUT2D eigenvalue weighted by molar-refractivity contribution is -0.931. The highest BCUT2D eigenvalue weighted by atomic mass is 32.1. The Bertz CT molecular complexity index is 881. The lowest BCUT2D eigenvalue weighted by Crippen LogP contribution is -3.18. The van der Waals surface area contributed by atoms with E-state index < -0.39 is 12.0 Å². The summed E-state index contributed by atoms with van der Waals surface area (Å²) in [6.45, 7) is 3.77. The second kappa shape index (κ2) is 9.62. The zero-order chi connectivity index (χ0) is 20.8. The smallest absolute Gasteiger partial charge is 0.312 e. The van der Waals surface area contributed by atoms with Gasteiger partial charge >= 0.3 is 5.97 Å². The van der Waals surface area contributed by atoms with Crippen LogP contribution in [0.4, 0.5) is 5.69 Å². The van der Waals surface area contributed by atoms with Gasteiger partial charge in [0.15, 0.2) is 6.04 Å². The van der Waals surface area contributed by atoms with Gasteiger partial charge in [0.2, 0.25) is 5.91 Å². The van der Waals surface area contributed by atoms with Crippen LogP contribution in [-0.4, -0.2) is 49.0 Å². The molecule has 1 fully saturated rings. The number of nitrogens with zero attached hydrogens (tertiary/aromatic N) is 1. The highest BCUT2D eigenvalue weighted by molar-refractivity contribution is 7.09. The van der Waals surface area contributed by atoms with Crippen LogP contribution in [0, 0.1) is 6.92 Å². The third-order valence-corrected chi connectivity index (χ3v) is 5.71. The summed E-state index contributed by atoms with van der Waals surface area (Å²) in [5.74, 6) is -0.677. The van der Waals surface area contributed by atoms with Gasteiger partial charge in [-0.25, -0.2) is 4.98 Å². The van der Waals surface area contributed by atoms with Gasteiger partial charge in [-0.05, 0) is 19.1 Å². The number of amides is 2. The molecule has 1 aliphatic rings. The third kappa shape index (κ3) is 5.85. The summed E-state index contributed by atoms with van der Waals surface area (Å²) in [5.41, 5.74) is 2.70. The summed E-state index contributed by atoms with van der Waals surface area (Å²) in [5, 5.41) is 8.29. The van der Waals surface area contributed by atoms with Crippen LogP contribution in [0.2, 0.25) is 0 Å². The lowest BCUT2D eigenvalue weighted by atomic mass is 10.1. The number of rotatable bonds is 7. The molecule has 2 aromatic rings. The Balaban J connectivity index is 1.58. The van der Waals surface area contributed by atoms with Crippen LogP contribution < -0.4 is 15.5 Å². The first-order valence-electron chi connectivity index (χ1n) is 9.43. The molecule has 3 rings (SSSR count). The largest absolute Gasteiger partial charge is 0.469 e. The number of ether oxygens (including phenoxy) is 1. The minimum atomic E-state index is -0.494. The van der Waals surface area contributed by atoms with Crippen molar-refractivity contribution in [3.8, 4) is 0 Å². The number of benzene rings is 1. The maximum Gasteiger partial charge on any atom is 0.312 e. The predicted molar refractivity (Wildman–Crippen MR) is 109 cm³/mol. The minimum absolute atomic E-state index is 0.0353. The van der Waals surface area contributed by atoms with E-state index in [0.29, 0.717) is 19.6 Å². The normalized spacial score (nSPS) is 18.8. The number of hydrogen-bond acceptors (Lipinski definition) is 6. The maximum absolute atomic E-state index is 12.3. The van der Waals surface area contributed by atoms with Gasteiger partial charge in [0, 0.05) is 11.1 Å². The molecule has 0 saturated carbocycles. The SMILES string of the molecule is COC(=O)C[C@@H]1C(=O)NCC[NH+]1Cc1csc(CC(=O)Nc2ccc(C)cc2)n1. The average molecular weight is 418 g/mol. The molecule has 1 aliphatic heterocycles. The van der Waals surface area contributed by atoms with E-state index >= 15 is 0 Å². The molecule has 0 aliphatic carbocycles. The van der Waals surface area contributed by atoms with E-state index in [2.05, 4.69) is 15.6 Å². The zero-order valence-corrected chi connectivity index (χ0v) is 17.3. The van der Waals surface area contributed by atoms with E-state index in [1.807, 2.05) is 36.6 Å². The van der Waals surface area contributed by atoms with E-state index in [4.69, 9.17) is 4.74 Å². The van der Waals surface area contributed by atoms with E-state index in [9.17, 15) is 14.4 Å². The van der Waals surface area contributed by atoms with E-state index in [0.717, 1.165) is 26.9 Å². The van der Waals surface area contributed by atoms with Gasteiger partial charge in [0.1, 0.15) is 23.7 Å². The predicted octanol–water partition coefficient (Wildman–Crippen LogP) is 0.0791. The number of anilines is 1. The Morgan fingerprint density at radius 3 is 2.83 bits per heavy atom. The number of esters is 1. The average Bonchev–Trinajstić information content (AvgIpc) is 3.12. The molecule has 8 nitrogen and oxygen atoms in total. The number of quaternary nitrogens is 1. The first-order chi connectivity index (χ1) is 13.9. The van der Waals surface area contributed by atoms with E-state index in [1.54, 1.807) is 0 Å². The van der Waals surface area contributed by atoms with Gasteiger partial charge in [-0.3, -0.25) is 14.4 Å². The van der Waals surface area contributed by atoms with Crippen molar-refractivity contribution in [3.05, 3.63) is 45.9 Å². The Morgan fingerprint density at radius 2 is 2.10 bits per heavy atom. The Hall–Kier alpha value is -2.78. The van der Waals surface area contributed by atoms with Gasteiger partial charge < -0.3 is 20.3 Å².